The number of ether oxygens (including phenoxy) is 2. The standard InChI is InChI=1S/C18H16N2O4P2/c1-23-17(21)15-16(18(22)24-2)25-20(19-15)26(13-9-5-3-6-10-13)14-11-7-4-8-12-14/h3-12H,1-2H3. The Morgan fingerprint density at radius 2 is 1.38 bits per heavy atom. The minimum absolute atomic E-state index is 0.0135. The van der Waals surface area contributed by atoms with Gasteiger partial charge in [0.1, 0.15) is 5.30 Å². The van der Waals surface area contributed by atoms with Gasteiger partial charge in [-0.3, -0.25) is 0 Å². The molecule has 3 rings (SSSR count). The molecule has 0 saturated heterocycles. The van der Waals surface area contributed by atoms with Crippen LogP contribution >= 0.6 is 16.4 Å². The third kappa shape index (κ3) is 3.67. The molecule has 3 aromatic rings. The van der Waals surface area contributed by atoms with E-state index in [-0.39, 0.29) is 11.0 Å². The van der Waals surface area contributed by atoms with E-state index in [1.165, 1.54) is 14.2 Å². The quantitative estimate of drug-likeness (QED) is 0.498. The number of methoxy groups -OCH3 is 2. The number of nitrogens with zero attached hydrogens (tertiary/aromatic N) is 2. The van der Waals surface area contributed by atoms with Crippen molar-refractivity contribution in [3.05, 3.63) is 71.7 Å². The first kappa shape index (κ1) is 18.2. The number of hydrogen-bond donors (Lipinski definition) is 0. The first-order valence-electron chi connectivity index (χ1n) is 7.70. The summed E-state index contributed by atoms with van der Waals surface area (Å²) < 4.78 is 11.3. The Bertz CT molecular complexity index is 840. The van der Waals surface area contributed by atoms with E-state index in [2.05, 4.69) is 5.10 Å². The van der Waals surface area contributed by atoms with Crippen molar-refractivity contribution in [2.24, 2.45) is 0 Å². The number of carbonyl (C=O) groups excluding carboxylic acids is 2. The minimum atomic E-state index is -1.07. The van der Waals surface area contributed by atoms with Crippen molar-refractivity contribution in [2.45, 2.75) is 0 Å². The minimum Gasteiger partial charge on any atom is -0.465 e. The Hall–Kier alpha value is -2.55. The van der Waals surface area contributed by atoms with Crippen LogP contribution in [0.2, 0.25) is 0 Å². The predicted molar refractivity (Wildman–Crippen MR) is 102 cm³/mol. The summed E-state index contributed by atoms with van der Waals surface area (Å²) in [5.41, 5.74) is -0.0135. The zero-order chi connectivity index (χ0) is 18.5. The molecule has 2 aromatic carbocycles. The van der Waals surface area contributed by atoms with Crippen LogP contribution in [0.3, 0.4) is 0 Å². The maximum atomic E-state index is 12.1. The zero-order valence-corrected chi connectivity index (χ0v) is 16.0. The number of rotatable bonds is 5. The molecule has 132 valence electrons. The Kier molecular flexibility index (Phi) is 5.77. The van der Waals surface area contributed by atoms with Gasteiger partial charge in [0.25, 0.3) is 0 Å². The van der Waals surface area contributed by atoms with Crippen LogP contribution in [-0.4, -0.2) is 35.5 Å². The summed E-state index contributed by atoms with van der Waals surface area (Å²) in [6, 6.07) is 19.8. The second kappa shape index (κ2) is 8.22. The van der Waals surface area contributed by atoms with Crippen molar-refractivity contribution >= 4 is 39.0 Å². The Morgan fingerprint density at radius 1 is 0.885 bits per heavy atom. The van der Waals surface area contributed by atoms with Crippen LogP contribution in [0.4, 0.5) is 0 Å². The van der Waals surface area contributed by atoms with Gasteiger partial charge < -0.3 is 9.47 Å². The van der Waals surface area contributed by atoms with E-state index in [1.807, 2.05) is 60.7 Å². The smallest absolute Gasteiger partial charge is 0.359 e. The summed E-state index contributed by atoms with van der Waals surface area (Å²) in [5.74, 6) is -1.24. The lowest BCUT2D eigenvalue weighted by molar-refractivity contribution is 0.0554. The molecule has 26 heavy (non-hydrogen) atoms. The second-order valence-electron chi connectivity index (χ2n) is 5.13. The van der Waals surface area contributed by atoms with Crippen molar-refractivity contribution in [3.63, 3.8) is 0 Å². The molecule has 6 nitrogen and oxygen atoms in total. The Balaban J connectivity index is 2.17. The molecule has 0 saturated carbocycles. The van der Waals surface area contributed by atoms with Crippen molar-refractivity contribution in [3.8, 4) is 0 Å². The summed E-state index contributed by atoms with van der Waals surface area (Å²) in [5, 5.41) is 6.71. The SMILES string of the molecule is COC(=O)c1nn(P(c2ccccc2)c2ccccc2)pc1C(=O)OC. The summed E-state index contributed by atoms with van der Waals surface area (Å²) in [6.07, 6.45) is 0. The first-order chi connectivity index (χ1) is 12.7. The monoisotopic (exact) mass is 386 g/mol. The molecule has 0 amide bonds. The topological polar surface area (TPSA) is 70.4 Å². The zero-order valence-electron chi connectivity index (χ0n) is 14.2. The van der Waals surface area contributed by atoms with Crippen molar-refractivity contribution in [1.29, 1.82) is 0 Å². The lowest BCUT2D eigenvalue weighted by atomic mass is 10.4. The van der Waals surface area contributed by atoms with Gasteiger partial charge in [-0.05, 0) is 0 Å². The molecule has 1 aromatic heterocycles. The van der Waals surface area contributed by atoms with Crippen molar-refractivity contribution < 1.29 is 19.1 Å². The lowest BCUT2D eigenvalue weighted by Crippen LogP contribution is -2.17. The maximum Gasteiger partial charge on any atom is 0.359 e. The number of carbonyl (C=O) groups is 2. The number of hydrogen-bond acceptors (Lipinski definition) is 5. The van der Waals surface area contributed by atoms with Crippen LogP contribution in [0.15, 0.2) is 60.7 Å². The van der Waals surface area contributed by atoms with E-state index < -0.39 is 20.0 Å². The number of esters is 2. The Morgan fingerprint density at radius 3 is 1.85 bits per heavy atom. The number of aromatic nitrogens is 2. The van der Waals surface area contributed by atoms with Gasteiger partial charge in [0.05, 0.1) is 30.6 Å². The van der Waals surface area contributed by atoms with Crippen LogP contribution in [0, 0.1) is 0 Å². The molecule has 0 aliphatic heterocycles. The fourth-order valence-electron chi connectivity index (χ4n) is 2.35. The summed E-state index contributed by atoms with van der Waals surface area (Å²) in [4.78, 5) is 24.2. The fourth-order valence-corrected chi connectivity index (χ4v) is 6.11. The van der Waals surface area contributed by atoms with Gasteiger partial charge in [-0.25, -0.2) is 13.8 Å². The van der Waals surface area contributed by atoms with Gasteiger partial charge in [-0.1, -0.05) is 60.7 Å². The highest BCUT2D eigenvalue weighted by Gasteiger charge is 2.28. The highest BCUT2D eigenvalue weighted by Crippen LogP contribution is 2.40. The molecule has 0 spiro atoms. The highest BCUT2D eigenvalue weighted by atomic mass is 31.2. The fraction of sp³-hybridized carbons (Fsp3) is 0.111. The molecule has 0 aliphatic rings. The van der Waals surface area contributed by atoms with E-state index in [0.29, 0.717) is 8.35 Å². The molecule has 0 bridgehead atoms. The van der Waals surface area contributed by atoms with Gasteiger partial charge in [0.15, 0.2) is 5.69 Å². The molecule has 0 fully saturated rings. The predicted octanol–water partition coefficient (Wildman–Crippen LogP) is 2.93. The van der Waals surface area contributed by atoms with E-state index >= 15 is 0 Å². The Labute approximate surface area is 153 Å². The first-order valence-corrected chi connectivity index (χ1v) is 9.84. The summed E-state index contributed by atoms with van der Waals surface area (Å²) in [6.45, 7) is 0. The molecule has 0 unspecified atom stereocenters. The average Bonchev–Trinajstić information content (AvgIpc) is 3.13. The van der Waals surface area contributed by atoms with E-state index in [4.69, 9.17) is 9.47 Å². The summed E-state index contributed by atoms with van der Waals surface area (Å²) in [7, 11) is 1.96. The highest BCUT2D eigenvalue weighted by molar-refractivity contribution is 7.74. The maximum absolute atomic E-state index is 12.1. The molecular formula is C18H16N2O4P2. The lowest BCUT2D eigenvalue weighted by Gasteiger charge is -2.17. The number of benzene rings is 2. The third-order valence-corrected chi connectivity index (χ3v) is 7.23. The molecule has 0 N–H and O–H groups in total. The molecule has 8 heteroatoms. The molecule has 0 aliphatic carbocycles. The van der Waals surface area contributed by atoms with Crippen LogP contribution in [0.25, 0.3) is 0 Å². The van der Waals surface area contributed by atoms with Gasteiger partial charge in [0, 0.05) is 10.6 Å². The molecule has 1 heterocycles. The largest absolute Gasteiger partial charge is 0.465 e. The van der Waals surface area contributed by atoms with Crippen molar-refractivity contribution in [2.75, 3.05) is 14.2 Å². The van der Waals surface area contributed by atoms with E-state index in [1.54, 1.807) is 4.21 Å². The van der Waals surface area contributed by atoms with Gasteiger partial charge >= 0.3 is 11.9 Å². The molecular weight excluding hydrogens is 370 g/mol. The van der Waals surface area contributed by atoms with Crippen molar-refractivity contribution in [1.82, 2.24) is 9.31 Å². The van der Waals surface area contributed by atoms with Gasteiger partial charge in [-0.2, -0.15) is 5.10 Å². The second-order valence-corrected chi connectivity index (χ2v) is 8.51. The molecule has 0 radical (unpaired) electrons. The van der Waals surface area contributed by atoms with Crippen LogP contribution in [0.1, 0.15) is 20.6 Å². The molecule has 0 atom stereocenters. The summed E-state index contributed by atoms with van der Waals surface area (Å²) >= 11 is 0. The van der Waals surface area contributed by atoms with Gasteiger partial charge in [0.2, 0.25) is 0 Å². The average molecular weight is 386 g/mol. The van der Waals surface area contributed by atoms with Crippen LogP contribution < -0.4 is 10.6 Å². The van der Waals surface area contributed by atoms with Crippen LogP contribution in [-0.2, 0) is 9.47 Å². The van der Waals surface area contributed by atoms with E-state index in [0.717, 1.165) is 10.6 Å². The normalized spacial score (nSPS) is 10.9. The van der Waals surface area contributed by atoms with E-state index in [9.17, 15) is 9.59 Å². The van der Waals surface area contributed by atoms with Crippen LogP contribution in [0.5, 0.6) is 0 Å². The van der Waals surface area contributed by atoms with Gasteiger partial charge in [-0.15, -0.1) is 0 Å². The third-order valence-electron chi connectivity index (χ3n) is 3.54.